The Hall–Kier alpha value is -3.16. The van der Waals surface area contributed by atoms with Crippen molar-refractivity contribution in [1.82, 2.24) is 0 Å². The number of anilines is 2. The Labute approximate surface area is 150 Å². The maximum atomic E-state index is 12.2. The van der Waals surface area contributed by atoms with Gasteiger partial charge in [-0.25, -0.2) is 0 Å². The number of hydrogen-bond donors (Lipinski definition) is 3. The molecule has 3 aromatic rings. The van der Waals surface area contributed by atoms with E-state index in [0.717, 1.165) is 5.56 Å². The molecule has 0 saturated heterocycles. The van der Waals surface area contributed by atoms with Gasteiger partial charge in [0, 0.05) is 28.2 Å². The Morgan fingerprint density at radius 2 is 1.73 bits per heavy atom. The standard InChI is InChI=1S/C19H16N2O4S/c20-17-9-10-18(15-8-7-14(12-16(15)17)26(23,24)25)21-19(22)11-6-13-4-2-1-3-5-13/h1-12H,20H2,(H,21,22)(H,23,24,25)/b11-6+. The van der Waals surface area contributed by atoms with Gasteiger partial charge in [-0.1, -0.05) is 36.4 Å². The van der Waals surface area contributed by atoms with Crippen molar-refractivity contribution >= 4 is 44.2 Å². The summed E-state index contributed by atoms with van der Waals surface area (Å²) in [6.45, 7) is 0. The van der Waals surface area contributed by atoms with Gasteiger partial charge >= 0.3 is 0 Å². The highest BCUT2D eigenvalue weighted by Gasteiger charge is 2.13. The van der Waals surface area contributed by atoms with Gasteiger partial charge in [-0.15, -0.1) is 0 Å². The van der Waals surface area contributed by atoms with Crippen LogP contribution in [0.1, 0.15) is 5.56 Å². The SMILES string of the molecule is Nc1ccc(NC(=O)/C=C/c2ccccc2)c2ccc(S(=O)(=O)O)cc12. The fraction of sp³-hybridized carbons (Fsp3) is 0. The average molecular weight is 368 g/mol. The van der Waals surface area contributed by atoms with Gasteiger partial charge in [0.1, 0.15) is 0 Å². The molecular weight excluding hydrogens is 352 g/mol. The van der Waals surface area contributed by atoms with Crippen LogP contribution in [0.4, 0.5) is 11.4 Å². The number of nitrogens with two attached hydrogens (primary N) is 1. The van der Waals surface area contributed by atoms with Crippen molar-refractivity contribution in [2.45, 2.75) is 4.90 Å². The van der Waals surface area contributed by atoms with Gasteiger partial charge in [0.05, 0.1) is 4.90 Å². The van der Waals surface area contributed by atoms with Gasteiger partial charge in [0.15, 0.2) is 0 Å². The summed E-state index contributed by atoms with van der Waals surface area (Å²) in [5.74, 6) is -0.334. The lowest BCUT2D eigenvalue weighted by atomic mass is 10.1. The molecule has 0 atom stereocenters. The molecule has 0 fully saturated rings. The maximum absolute atomic E-state index is 12.2. The lowest BCUT2D eigenvalue weighted by Gasteiger charge is -2.10. The zero-order valence-electron chi connectivity index (χ0n) is 13.6. The minimum absolute atomic E-state index is 0.260. The summed E-state index contributed by atoms with van der Waals surface area (Å²) in [6.07, 6.45) is 3.09. The second-order valence-electron chi connectivity index (χ2n) is 5.62. The third-order valence-corrected chi connectivity index (χ3v) is 4.65. The Balaban J connectivity index is 1.92. The van der Waals surface area contributed by atoms with Gasteiger partial charge in [-0.3, -0.25) is 9.35 Å². The van der Waals surface area contributed by atoms with Crippen molar-refractivity contribution < 1.29 is 17.8 Å². The number of benzene rings is 3. The van der Waals surface area contributed by atoms with Crippen molar-refractivity contribution in [3.63, 3.8) is 0 Å². The predicted molar refractivity (Wildman–Crippen MR) is 102 cm³/mol. The lowest BCUT2D eigenvalue weighted by Crippen LogP contribution is -2.08. The molecule has 0 aliphatic heterocycles. The molecule has 3 aromatic carbocycles. The summed E-state index contributed by atoms with van der Waals surface area (Å²) in [6, 6.07) is 16.6. The Kier molecular flexibility index (Phi) is 4.75. The second-order valence-corrected chi connectivity index (χ2v) is 7.04. The summed E-state index contributed by atoms with van der Waals surface area (Å²) < 4.78 is 31.8. The van der Waals surface area contributed by atoms with Crippen LogP contribution in [-0.4, -0.2) is 18.9 Å². The topological polar surface area (TPSA) is 109 Å². The molecule has 0 unspecified atom stereocenters. The number of rotatable bonds is 4. The van der Waals surface area contributed by atoms with Crippen LogP contribution in [0.5, 0.6) is 0 Å². The normalized spacial score (nSPS) is 11.7. The highest BCUT2D eigenvalue weighted by molar-refractivity contribution is 7.85. The van der Waals surface area contributed by atoms with E-state index in [1.165, 1.54) is 24.3 Å². The summed E-state index contributed by atoms with van der Waals surface area (Å²) in [5.41, 5.74) is 7.61. The first kappa shape index (κ1) is 17.7. The zero-order valence-corrected chi connectivity index (χ0v) is 14.4. The average Bonchev–Trinajstić information content (AvgIpc) is 2.62. The molecule has 3 rings (SSSR count). The van der Waals surface area contributed by atoms with E-state index in [1.54, 1.807) is 18.2 Å². The predicted octanol–water partition coefficient (Wildman–Crippen LogP) is 3.32. The van der Waals surface area contributed by atoms with Crippen molar-refractivity contribution in [2.75, 3.05) is 11.1 Å². The van der Waals surface area contributed by atoms with Gasteiger partial charge in [-0.2, -0.15) is 8.42 Å². The number of hydrogen-bond acceptors (Lipinski definition) is 4. The maximum Gasteiger partial charge on any atom is 0.294 e. The first-order chi connectivity index (χ1) is 12.3. The number of fused-ring (bicyclic) bond motifs is 1. The quantitative estimate of drug-likeness (QED) is 0.372. The first-order valence-electron chi connectivity index (χ1n) is 7.68. The number of nitrogen functional groups attached to an aromatic ring is 1. The number of nitrogens with one attached hydrogen (secondary N) is 1. The third kappa shape index (κ3) is 3.90. The molecule has 0 aromatic heterocycles. The summed E-state index contributed by atoms with van der Waals surface area (Å²) in [5, 5.41) is 3.74. The lowest BCUT2D eigenvalue weighted by molar-refractivity contribution is -0.111. The van der Waals surface area contributed by atoms with Gasteiger partial charge < -0.3 is 11.1 Å². The van der Waals surface area contributed by atoms with E-state index in [1.807, 2.05) is 30.3 Å². The summed E-state index contributed by atoms with van der Waals surface area (Å²) in [4.78, 5) is 11.9. The smallest absolute Gasteiger partial charge is 0.294 e. The van der Waals surface area contributed by atoms with E-state index < -0.39 is 10.1 Å². The van der Waals surface area contributed by atoms with Crippen LogP contribution < -0.4 is 11.1 Å². The third-order valence-electron chi connectivity index (χ3n) is 3.80. The van der Waals surface area contributed by atoms with E-state index in [2.05, 4.69) is 5.32 Å². The molecule has 0 heterocycles. The van der Waals surface area contributed by atoms with Crippen molar-refractivity contribution in [3.8, 4) is 0 Å². The Bertz CT molecular complexity index is 1110. The monoisotopic (exact) mass is 368 g/mol. The zero-order chi connectivity index (χ0) is 18.7. The molecule has 132 valence electrons. The van der Waals surface area contributed by atoms with E-state index in [-0.39, 0.29) is 10.8 Å². The largest absolute Gasteiger partial charge is 0.398 e. The fourth-order valence-electron chi connectivity index (χ4n) is 2.53. The molecule has 26 heavy (non-hydrogen) atoms. The molecule has 0 saturated carbocycles. The van der Waals surface area contributed by atoms with Crippen molar-refractivity contribution in [1.29, 1.82) is 0 Å². The van der Waals surface area contributed by atoms with Gasteiger partial charge in [0.2, 0.25) is 5.91 Å². The minimum atomic E-state index is -4.34. The van der Waals surface area contributed by atoms with Crippen LogP contribution in [0.2, 0.25) is 0 Å². The Morgan fingerprint density at radius 1 is 1.00 bits per heavy atom. The molecule has 0 radical (unpaired) electrons. The van der Waals surface area contributed by atoms with Crippen LogP contribution >= 0.6 is 0 Å². The molecule has 6 nitrogen and oxygen atoms in total. The van der Waals surface area contributed by atoms with Crippen molar-refractivity contribution in [2.24, 2.45) is 0 Å². The molecule has 1 amide bonds. The summed E-state index contributed by atoms with van der Waals surface area (Å²) in [7, 11) is -4.34. The molecule has 0 aliphatic carbocycles. The van der Waals surface area contributed by atoms with Crippen LogP contribution in [0.25, 0.3) is 16.8 Å². The van der Waals surface area contributed by atoms with Crippen molar-refractivity contribution in [3.05, 3.63) is 72.3 Å². The first-order valence-corrected chi connectivity index (χ1v) is 9.12. The highest BCUT2D eigenvalue weighted by atomic mass is 32.2. The molecule has 7 heteroatoms. The van der Waals surface area contributed by atoms with E-state index >= 15 is 0 Å². The molecular formula is C19H16N2O4S. The van der Waals surface area contributed by atoms with E-state index in [0.29, 0.717) is 22.1 Å². The molecule has 0 spiro atoms. The number of carbonyl (C=O) groups is 1. The van der Waals surface area contributed by atoms with Gasteiger partial charge in [-0.05, 0) is 35.9 Å². The number of carbonyl (C=O) groups excluding carboxylic acids is 1. The van der Waals surface area contributed by atoms with Crippen LogP contribution in [0.3, 0.4) is 0 Å². The number of amides is 1. The van der Waals surface area contributed by atoms with Crippen LogP contribution in [0, 0.1) is 0 Å². The van der Waals surface area contributed by atoms with Crippen LogP contribution in [0.15, 0.2) is 71.6 Å². The molecule has 0 bridgehead atoms. The molecule has 4 N–H and O–H groups in total. The van der Waals surface area contributed by atoms with E-state index in [9.17, 15) is 17.8 Å². The second kappa shape index (κ2) is 6.99. The minimum Gasteiger partial charge on any atom is -0.398 e. The summed E-state index contributed by atoms with van der Waals surface area (Å²) >= 11 is 0. The highest BCUT2D eigenvalue weighted by Crippen LogP contribution is 2.30. The van der Waals surface area contributed by atoms with Gasteiger partial charge in [0.25, 0.3) is 10.1 Å². The van der Waals surface area contributed by atoms with Crippen LogP contribution in [-0.2, 0) is 14.9 Å². The molecule has 0 aliphatic rings. The fourth-order valence-corrected chi connectivity index (χ4v) is 3.04. The Morgan fingerprint density at radius 3 is 2.42 bits per heavy atom. The van der Waals surface area contributed by atoms with E-state index in [4.69, 9.17) is 5.73 Å².